The molecule has 0 unspecified atom stereocenters. The van der Waals surface area contributed by atoms with Gasteiger partial charge in [0, 0.05) is 0 Å². The summed E-state index contributed by atoms with van der Waals surface area (Å²) in [4.78, 5) is 3.33. The molecule has 0 radical (unpaired) electrons. The first-order valence-corrected chi connectivity index (χ1v) is 4.40. The van der Waals surface area contributed by atoms with E-state index in [0.717, 1.165) is 6.07 Å². The lowest BCUT2D eigenvalue weighted by Crippen LogP contribution is -2.32. The quantitative estimate of drug-likeness (QED) is 0.642. The third-order valence-electron chi connectivity index (χ3n) is 1.31. The van der Waals surface area contributed by atoms with Gasteiger partial charge in [-0.05, 0) is 23.9 Å². The summed E-state index contributed by atoms with van der Waals surface area (Å²) in [5.41, 5.74) is 5.14. The predicted molar refractivity (Wildman–Crippen MR) is 45.5 cm³/mol. The van der Waals surface area contributed by atoms with E-state index in [4.69, 9.17) is 5.73 Å². The summed E-state index contributed by atoms with van der Waals surface area (Å²) in [5.74, 6) is -0.113. The molecule has 0 amide bonds. The van der Waals surface area contributed by atoms with E-state index in [1.165, 1.54) is 12.1 Å². The van der Waals surface area contributed by atoms with Gasteiger partial charge in [-0.3, -0.25) is 0 Å². The first-order valence-electron chi connectivity index (χ1n) is 3.58. The molecule has 15 heavy (non-hydrogen) atoms. The molecule has 1 heterocycles. The average Bonchev–Trinajstić information content (AvgIpc) is 2.00. The van der Waals surface area contributed by atoms with Crippen molar-refractivity contribution in [3.63, 3.8) is 0 Å². The van der Waals surface area contributed by atoms with Crippen LogP contribution >= 0.6 is 11.8 Å². The number of rotatable bonds is 2. The molecule has 0 aliphatic rings. The van der Waals surface area contributed by atoms with Crippen molar-refractivity contribution in [2.45, 2.75) is 16.5 Å². The SMILES string of the molecule is Nc1cccc(SC(F)(F)C(F)(F)F)n1. The van der Waals surface area contributed by atoms with E-state index in [0.29, 0.717) is 0 Å². The molecule has 1 rings (SSSR count). The van der Waals surface area contributed by atoms with Crippen LogP contribution in [0.2, 0.25) is 0 Å². The fraction of sp³-hybridized carbons (Fsp3) is 0.286. The lowest BCUT2D eigenvalue weighted by molar-refractivity contribution is -0.237. The van der Waals surface area contributed by atoms with Gasteiger partial charge < -0.3 is 5.73 Å². The largest absolute Gasteiger partial charge is 0.464 e. The van der Waals surface area contributed by atoms with Crippen LogP contribution in [0.1, 0.15) is 0 Å². The molecule has 0 atom stereocenters. The van der Waals surface area contributed by atoms with Crippen molar-refractivity contribution in [1.82, 2.24) is 4.98 Å². The van der Waals surface area contributed by atoms with Crippen LogP contribution in [0.25, 0.3) is 0 Å². The van der Waals surface area contributed by atoms with E-state index in [-0.39, 0.29) is 5.82 Å². The molecule has 8 heteroatoms. The molecule has 0 aliphatic carbocycles. The van der Waals surface area contributed by atoms with Gasteiger partial charge in [-0.15, -0.1) is 0 Å². The number of aromatic nitrogens is 1. The van der Waals surface area contributed by atoms with Gasteiger partial charge in [0.15, 0.2) is 0 Å². The van der Waals surface area contributed by atoms with Crippen LogP contribution in [-0.2, 0) is 0 Å². The lowest BCUT2D eigenvalue weighted by Gasteiger charge is -2.17. The van der Waals surface area contributed by atoms with Crippen LogP contribution in [0.3, 0.4) is 0 Å². The Morgan fingerprint density at radius 3 is 2.20 bits per heavy atom. The van der Waals surface area contributed by atoms with Crippen LogP contribution in [0.4, 0.5) is 27.8 Å². The Hall–Kier alpha value is -1.05. The number of hydrogen-bond acceptors (Lipinski definition) is 3. The highest BCUT2D eigenvalue weighted by Crippen LogP contribution is 2.46. The minimum Gasteiger partial charge on any atom is -0.384 e. The second kappa shape index (κ2) is 3.84. The van der Waals surface area contributed by atoms with Gasteiger partial charge in [0.25, 0.3) is 0 Å². The highest BCUT2D eigenvalue weighted by Gasteiger charge is 2.58. The predicted octanol–water partition coefficient (Wildman–Crippen LogP) is 2.91. The zero-order valence-corrected chi connectivity index (χ0v) is 7.87. The lowest BCUT2D eigenvalue weighted by atomic mass is 10.5. The molecule has 0 saturated heterocycles. The maximum Gasteiger partial charge on any atom is 0.464 e. The van der Waals surface area contributed by atoms with E-state index in [9.17, 15) is 22.0 Å². The molecular formula is C7H5F5N2S. The van der Waals surface area contributed by atoms with Crippen molar-refractivity contribution in [3.05, 3.63) is 18.2 Å². The summed E-state index contributed by atoms with van der Waals surface area (Å²) in [6.07, 6.45) is -5.61. The van der Waals surface area contributed by atoms with Crippen molar-refractivity contribution in [2.24, 2.45) is 0 Å². The summed E-state index contributed by atoms with van der Waals surface area (Å²) in [6, 6.07) is 3.56. The van der Waals surface area contributed by atoms with Crippen LogP contribution in [0.5, 0.6) is 0 Å². The Morgan fingerprint density at radius 2 is 1.73 bits per heavy atom. The molecule has 0 aliphatic heterocycles. The molecule has 1 aromatic heterocycles. The molecule has 2 N–H and O–H groups in total. The topological polar surface area (TPSA) is 38.9 Å². The normalized spacial score (nSPS) is 12.9. The average molecular weight is 244 g/mol. The maximum absolute atomic E-state index is 12.5. The minimum atomic E-state index is -5.61. The van der Waals surface area contributed by atoms with Gasteiger partial charge in [-0.25, -0.2) is 4.98 Å². The number of hydrogen-bond donors (Lipinski definition) is 1. The van der Waals surface area contributed by atoms with Gasteiger partial charge in [0.1, 0.15) is 10.8 Å². The zero-order valence-electron chi connectivity index (χ0n) is 7.05. The van der Waals surface area contributed by atoms with Crippen molar-refractivity contribution in [3.8, 4) is 0 Å². The second-order valence-corrected chi connectivity index (χ2v) is 3.65. The van der Waals surface area contributed by atoms with E-state index >= 15 is 0 Å². The number of anilines is 1. The van der Waals surface area contributed by atoms with E-state index in [2.05, 4.69) is 4.98 Å². The van der Waals surface area contributed by atoms with Crippen LogP contribution in [0.15, 0.2) is 23.2 Å². The smallest absolute Gasteiger partial charge is 0.384 e. The van der Waals surface area contributed by atoms with E-state index in [1.54, 1.807) is 0 Å². The molecule has 1 aromatic rings. The highest BCUT2D eigenvalue weighted by molar-refractivity contribution is 8.00. The molecular weight excluding hydrogens is 239 g/mol. The molecule has 0 saturated carbocycles. The zero-order chi connectivity index (χ0) is 11.7. The number of alkyl halides is 5. The maximum atomic E-state index is 12.5. The summed E-state index contributed by atoms with van der Waals surface area (Å²) in [6.45, 7) is 0. The Morgan fingerprint density at radius 1 is 1.13 bits per heavy atom. The number of thioether (sulfide) groups is 1. The number of halogens is 5. The van der Waals surface area contributed by atoms with Crippen LogP contribution in [-0.4, -0.2) is 16.4 Å². The minimum absolute atomic E-state index is 0.113. The number of pyridine rings is 1. The summed E-state index contributed by atoms with van der Waals surface area (Å²) in [5, 5.41) is -5.34. The number of nitrogens with two attached hydrogens (primary N) is 1. The van der Waals surface area contributed by atoms with Gasteiger partial charge in [-0.2, -0.15) is 22.0 Å². The second-order valence-electron chi connectivity index (χ2n) is 2.52. The molecule has 2 nitrogen and oxygen atoms in total. The van der Waals surface area contributed by atoms with E-state index in [1.807, 2.05) is 0 Å². The summed E-state index contributed by atoms with van der Waals surface area (Å²) >= 11 is -0.682. The Labute approximate surface area is 85.7 Å². The van der Waals surface area contributed by atoms with Crippen LogP contribution < -0.4 is 5.73 Å². The molecule has 84 valence electrons. The fourth-order valence-electron chi connectivity index (χ4n) is 0.677. The van der Waals surface area contributed by atoms with Gasteiger partial charge in [0.05, 0.1) is 0 Å². The van der Waals surface area contributed by atoms with Crippen molar-refractivity contribution < 1.29 is 22.0 Å². The van der Waals surface area contributed by atoms with E-state index < -0.39 is 28.2 Å². The summed E-state index contributed by atoms with van der Waals surface area (Å²) in [7, 11) is 0. The van der Waals surface area contributed by atoms with Gasteiger partial charge >= 0.3 is 11.4 Å². The molecule has 0 fully saturated rings. The number of nitrogens with zero attached hydrogens (tertiary/aromatic N) is 1. The number of nitrogen functional groups attached to an aromatic ring is 1. The van der Waals surface area contributed by atoms with Crippen LogP contribution in [0, 0.1) is 0 Å². The van der Waals surface area contributed by atoms with Gasteiger partial charge in [-0.1, -0.05) is 6.07 Å². The Balaban J connectivity index is 2.87. The standard InChI is InChI=1S/C7H5F5N2S/c8-6(9,10)7(11,12)15-5-3-1-2-4(13)14-5/h1-3H,(H2,13,14). The molecule has 0 aromatic carbocycles. The van der Waals surface area contributed by atoms with Crippen molar-refractivity contribution >= 4 is 17.6 Å². The van der Waals surface area contributed by atoms with Crippen molar-refractivity contribution in [2.75, 3.05) is 5.73 Å². The monoisotopic (exact) mass is 244 g/mol. The first-order chi connectivity index (χ1) is 6.72. The molecule has 0 spiro atoms. The van der Waals surface area contributed by atoms with Crippen molar-refractivity contribution in [1.29, 1.82) is 0 Å². The third kappa shape index (κ3) is 2.95. The third-order valence-corrected chi connectivity index (χ3v) is 2.23. The Kier molecular flexibility index (Phi) is 3.08. The van der Waals surface area contributed by atoms with Gasteiger partial charge in [0.2, 0.25) is 0 Å². The molecule has 0 bridgehead atoms. The fourth-order valence-corrected chi connectivity index (χ4v) is 1.35. The Bertz CT molecular complexity index is 351. The highest BCUT2D eigenvalue weighted by atomic mass is 32.2. The summed E-state index contributed by atoms with van der Waals surface area (Å²) < 4.78 is 60.4. The first kappa shape index (κ1) is 12.0.